The molecular formula is C28H21N3O5. The van der Waals surface area contributed by atoms with E-state index in [1.807, 2.05) is 13.0 Å². The minimum atomic E-state index is -0.603. The normalized spacial score (nSPS) is 10.4. The predicted octanol–water partition coefficient (Wildman–Crippen LogP) is 5.64. The fourth-order valence-electron chi connectivity index (χ4n) is 3.63. The Labute approximate surface area is 206 Å². The van der Waals surface area contributed by atoms with Crippen LogP contribution >= 0.6 is 0 Å². The number of nitro benzene ring substituents is 1. The van der Waals surface area contributed by atoms with Crippen LogP contribution in [0.3, 0.4) is 0 Å². The SMILES string of the molecule is Cc1ccc(NC(=O)c2ccccc2NC(=O)c2cccc([N+](=O)[O-])c2)c(C(=O)c2ccccc2)c1. The summed E-state index contributed by atoms with van der Waals surface area (Å²) in [6, 6.07) is 25.6. The number of aryl methyl sites for hydroxylation is 1. The van der Waals surface area contributed by atoms with Crippen LogP contribution in [0.15, 0.2) is 97.1 Å². The van der Waals surface area contributed by atoms with Gasteiger partial charge in [-0.15, -0.1) is 0 Å². The number of carbonyl (C=O) groups excluding carboxylic acids is 3. The second-order valence-corrected chi connectivity index (χ2v) is 8.01. The molecule has 8 heteroatoms. The lowest BCUT2D eigenvalue weighted by Crippen LogP contribution is -2.19. The highest BCUT2D eigenvalue weighted by Crippen LogP contribution is 2.24. The van der Waals surface area contributed by atoms with Crippen LogP contribution < -0.4 is 10.6 Å². The molecule has 0 unspecified atom stereocenters. The van der Waals surface area contributed by atoms with E-state index in [1.54, 1.807) is 60.7 Å². The molecule has 0 aromatic heterocycles. The molecule has 0 aliphatic heterocycles. The van der Waals surface area contributed by atoms with Crippen molar-refractivity contribution in [2.24, 2.45) is 0 Å². The lowest BCUT2D eigenvalue weighted by Gasteiger charge is -2.14. The molecule has 0 saturated heterocycles. The zero-order valence-corrected chi connectivity index (χ0v) is 19.2. The zero-order valence-electron chi connectivity index (χ0n) is 19.2. The van der Waals surface area contributed by atoms with Gasteiger partial charge in [0.15, 0.2) is 5.78 Å². The molecule has 0 heterocycles. The number of para-hydroxylation sites is 1. The Bertz CT molecular complexity index is 1480. The van der Waals surface area contributed by atoms with Gasteiger partial charge in [-0.05, 0) is 37.3 Å². The lowest BCUT2D eigenvalue weighted by molar-refractivity contribution is -0.384. The Morgan fingerprint density at radius 1 is 0.667 bits per heavy atom. The summed E-state index contributed by atoms with van der Waals surface area (Å²) in [4.78, 5) is 49.6. The van der Waals surface area contributed by atoms with Gasteiger partial charge in [-0.25, -0.2) is 0 Å². The first-order chi connectivity index (χ1) is 17.3. The van der Waals surface area contributed by atoms with Crippen molar-refractivity contribution in [1.82, 2.24) is 0 Å². The Morgan fingerprint density at radius 2 is 1.31 bits per heavy atom. The van der Waals surface area contributed by atoms with Crippen molar-refractivity contribution in [2.75, 3.05) is 10.6 Å². The molecule has 0 saturated carbocycles. The van der Waals surface area contributed by atoms with E-state index < -0.39 is 16.7 Å². The number of hydrogen-bond donors (Lipinski definition) is 2. The van der Waals surface area contributed by atoms with Gasteiger partial charge in [-0.2, -0.15) is 0 Å². The number of rotatable bonds is 7. The van der Waals surface area contributed by atoms with Crippen LogP contribution in [-0.4, -0.2) is 22.5 Å². The number of nitro groups is 1. The van der Waals surface area contributed by atoms with Crippen molar-refractivity contribution >= 4 is 34.7 Å². The quantitative estimate of drug-likeness (QED) is 0.202. The third-order valence-electron chi connectivity index (χ3n) is 5.44. The van der Waals surface area contributed by atoms with E-state index in [4.69, 9.17) is 0 Å². The molecule has 0 atom stereocenters. The summed E-state index contributed by atoms with van der Waals surface area (Å²) in [7, 11) is 0. The summed E-state index contributed by atoms with van der Waals surface area (Å²) in [6.45, 7) is 1.85. The van der Waals surface area contributed by atoms with Gasteiger partial charge >= 0.3 is 0 Å². The predicted molar refractivity (Wildman–Crippen MR) is 136 cm³/mol. The number of amides is 2. The summed E-state index contributed by atoms with van der Waals surface area (Å²) < 4.78 is 0. The van der Waals surface area contributed by atoms with Crippen LogP contribution in [0.5, 0.6) is 0 Å². The van der Waals surface area contributed by atoms with Crippen LogP contribution in [0.25, 0.3) is 0 Å². The van der Waals surface area contributed by atoms with Crippen LogP contribution in [0, 0.1) is 17.0 Å². The number of benzene rings is 4. The van der Waals surface area contributed by atoms with Gasteiger partial charge in [-0.1, -0.05) is 60.2 Å². The van der Waals surface area contributed by atoms with Crippen molar-refractivity contribution < 1.29 is 19.3 Å². The molecule has 2 amide bonds. The Kier molecular flexibility index (Phi) is 6.97. The molecule has 0 radical (unpaired) electrons. The Balaban J connectivity index is 1.60. The lowest BCUT2D eigenvalue weighted by atomic mass is 9.99. The zero-order chi connectivity index (χ0) is 25.7. The van der Waals surface area contributed by atoms with Crippen molar-refractivity contribution in [1.29, 1.82) is 0 Å². The van der Waals surface area contributed by atoms with Crippen LogP contribution in [-0.2, 0) is 0 Å². The highest BCUT2D eigenvalue weighted by Gasteiger charge is 2.19. The molecule has 4 rings (SSSR count). The maximum atomic E-state index is 13.2. The Morgan fingerprint density at radius 3 is 2.06 bits per heavy atom. The van der Waals surface area contributed by atoms with Crippen molar-refractivity contribution in [3.8, 4) is 0 Å². The monoisotopic (exact) mass is 479 g/mol. The van der Waals surface area contributed by atoms with Crippen LogP contribution in [0.2, 0.25) is 0 Å². The average Bonchev–Trinajstić information content (AvgIpc) is 2.90. The molecule has 4 aromatic carbocycles. The number of hydrogen-bond acceptors (Lipinski definition) is 5. The second kappa shape index (κ2) is 10.4. The average molecular weight is 479 g/mol. The number of anilines is 2. The van der Waals surface area contributed by atoms with E-state index in [-0.39, 0.29) is 28.3 Å². The summed E-state index contributed by atoms with van der Waals surface area (Å²) in [5, 5.41) is 16.5. The van der Waals surface area contributed by atoms with Gasteiger partial charge < -0.3 is 10.6 Å². The van der Waals surface area contributed by atoms with Gasteiger partial charge in [-0.3, -0.25) is 24.5 Å². The first kappa shape index (κ1) is 24.0. The first-order valence-electron chi connectivity index (χ1n) is 11.0. The first-order valence-corrected chi connectivity index (χ1v) is 11.0. The summed E-state index contributed by atoms with van der Waals surface area (Å²) in [5.74, 6) is -1.37. The third kappa shape index (κ3) is 5.34. The van der Waals surface area contributed by atoms with Gasteiger partial charge in [0.2, 0.25) is 0 Å². The number of nitrogens with zero attached hydrogens (tertiary/aromatic N) is 1. The third-order valence-corrected chi connectivity index (χ3v) is 5.44. The van der Waals surface area contributed by atoms with E-state index in [0.29, 0.717) is 16.8 Å². The summed E-state index contributed by atoms with van der Waals surface area (Å²) in [6.07, 6.45) is 0. The van der Waals surface area contributed by atoms with E-state index in [9.17, 15) is 24.5 Å². The van der Waals surface area contributed by atoms with Gasteiger partial charge in [0.25, 0.3) is 17.5 Å². The minimum absolute atomic E-state index is 0.0775. The molecule has 0 aliphatic carbocycles. The maximum absolute atomic E-state index is 13.2. The van der Waals surface area contributed by atoms with Crippen molar-refractivity contribution in [3.05, 3.63) is 135 Å². The molecule has 0 spiro atoms. The molecule has 178 valence electrons. The van der Waals surface area contributed by atoms with Crippen molar-refractivity contribution in [3.63, 3.8) is 0 Å². The number of ketones is 1. The number of nitrogens with one attached hydrogen (secondary N) is 2. The largest absolute Gasteiger partial charge is 0.321 e. The molecule has 36 heavy (non-hydrogen) atoms. The van der Waals surface area contributed by atoms with Crippen molar-refractivity contribution in [2.45, 2.75) is 6.92 Å². The molecule has 0 bridgehead atoms. The topological polar surface area (TPSA) is 118 Å². The number of non-ortho nitro benzene ring substituents is 1. The molecule has 0 aliphatic rings. The van der Waals surface area contributed by atoms with E-state index in [0.717, 1.165) is 11.6 Å². The molecule has 2 N–H and O–H groups in total. The molecule has 0 fully saturated rings. The van der Waals surface area contributed by atoms with Gasteiger partial charge in [0.05, 0.1) is 21.9 Å². The van der Waals surface area contributed by atoms with E-state index in [1.165, 1.54) is 24.3 Å². The summed E-state index contributed by atoms with van der Waals surface area (Å²) in [5.41, 5.74) is 2.26. The maximum Gasteiger partial charge on any atom is 0.270 e. The highest BCUT2D eigenvalue weighted by molar-refractivity contribution is 6.17. The minimum Gasteiger partial charge on any atom is -0.321 e. The molecule has 4 aromatic rings. The number of carbonyl (C=O) groups is 3. The fourth-order valence-corrected chi connectivity index (χ4v) is 3.63. The van der Waals surface area contributed by atoms with Gasteiger partial charge in [0, 0.05) is 28.8 Å². The Hall–Kier alpha value is -5.11. The molecular weight excluding hydrogens is 458 g/mol. The highest BCUT2D eigenvalue weighted by atomic mass is 16.6. The van der Waals surface area contributed by atoms with Crippen LogP contribution in [0.4, 0.5) is 17.1 Å². The molecule has 8 nitrogen and oxygen atoms in total. The smallest absolute Gasteiger partial charge is 0.270 e. The van der Waals surface area contributed by atoms with E-state index >= 15 is 0 Å². The summed E-state index contributed by atoms with van der Waals surface area (Å²) >= 11 is 0. The van der Waals surface area contributed by atoms with Gasteiger partial charge in [0.1, 0.15) is 0 Å². The fraction of sp³-hybridized carbons (Fsp3) is 0.0357. The van der Waals surface area contributed by atoms with Crippen LogP contribution in [0.1, 0.15) is 42.2 Å². The standard InChI is InChI=1S/C28H21N3O5/c1-18-14-15-25(23(16-18)26(32)19-8-3-2-4-9-19)30-28(34)22-12-5-6-13-24(22)29-27(33)20-10-7-11-21(17-20)31(35)36/h2-17H,1H3,(H,29,33)(H,30,34). The second-order valence-electron chi connectivity index (χ2n) is 8.01. The van der Waals surface area contributed by atoms with E-state index in [2.05, 4.69) is 10.6 Å².